The molecule has 1 aromatic heterocycles. The van der Waals surface area contributed by atoms with Crippen LogP contribution >= 0.6 is 0 Å². The monoisotopic (exact) mass is 313 g/mol. The van der Waals surface area contributed by atoms with Crippen LogP contribution in [0.25, 0.3) is 0 Å². The number of rotatable bonds is 5. The molecule has 0 aliphatic carbocycles. The number of sulfonamides is 1. The first-order valence-corrected chi connectivity index (χ1v) is 7.24. The van der Waals surface area contributed by atoms with Crippen molar-refractivity contribution in [2.45, 2.75) is 11.6 Å². The van der Waals surface area contributed by atoms with Crippen LogP contribution in [0.1, 0.15) is 15.9 Å². The molecule has 9 heteroatoms. The van der Waals surface area contributed by atoms with E-state index in [2.05, 4.69) is 10.2 Å². The Morgan fingerprint density at radius 3 is 2.71 bits per heavy atom. The second-order valence-electron chi connectivity index (χ2n) is 4.27. The van der Waals surface area contributed by atoms with E-state index in [4.69, 9.17) is 5.11 Å². The van der Waals surface area contributed by atoms with Gasteiger partial charge < -0.3 is 5.11 Å². The SMILES string of the molecule is CN(Cc1ccccc1F)S(=O)(=O)c1[nH]ncc1C(=O)O. The molecule has 0 saturated heterocycles. The predicted molar refractivity (Wildman–Crippen MR) is 70.6 cm³/mol. The van der Waals surface area contributed by atoms with Gasteiger partial charge in [0, 0.05) is 19.2 Å². The first kappa shape index (κ1) is 15.1. The fourth-order valence-electron chi connectivity index (χ4n) is 1.73. The quantitative estimate of drug-likeness (QED) is 0.859. The van der Waals surface area contributed by atoms with Crippen LogP contribution < -0.4 is 0 Å². The number of nitrogens with zero attached hydrogens (tertiary/aromatic N) is 2. The molecule has 0 aliphatic heterocycles. The lowest BCUT2D eigenvalue weighted by Crippen LogP contribution is -2.28. The second-order valence-corrected chi connectivity index (χ2v) is 6.25. The Kier molecular flexibility index (Phi) is 4.05. The number of H-pyrrole nitrogens is 1. The van der Waals surface area contributed by atoms with E-state index in [0.717, 1.165) is 10.5 Å². The highest BCUT2D eigenvalue weighted by molar-refractivity contribution is 7.89. The maximum atomic E-state index is 13.6. The van der Waals surface area contributed by atoms with Gasteiger partial charge in [-0.05, 0) is 6.07 Å². The van der Waals surface area contributed by atoms with Gasteiger partial charge in [0.1, 0.15) is 11.4 Å². The number of aromatic carboxylic acids is 1. The van der Waals surface area contributed by atoms with Gasteiger partial charge in [-0.1, -0.05) is 18.2 Å². The van der Waals surface area contributed by atoms with Gasteiger partial charge >= 0.3 is 5.97 Å². The van der Waals surface area contributed by atoms with Crippen molar-refractivity contribution >= 4 is 16.0 Å². The molecule has 2 rings (SSSR count). The van der Waals surface area contributed by atoms with E-state index in [1.807, 2.05) is 0 Å². The molecule has 2 N–H and O–H groups in total. The van der Waals surface area contributed by atoms with Crippen molar-refractivity contribution in [3.8, 4) is 0 Å². The van der Waals surface area contributed by atoms with Gasteiger partial charge in [-0.25, -0.2) is 17.6 Å². The zero-order chi connectivity index (χ0) is 15.6. The Hall–Kier alpha value is -2.26. The summed E-state index contributed by atoms with van der Waals surface area (Å²) in [6.07, 6.45) is 0.909. The predicted octanol–water partition coefficient (Wildman–Crippen LogP) is 1.07. The number of benzene rings is 1. The number of carbonyl (C=O) groups is 1. The second kappa shape index (κ2) is 5.62. The molecule has 0 radical (unpaired) electrons. The van der Waals surface area contributed by atoms with E-state index in [9.17, 15) is 17.6 Å². The average molecular weight is 313 g/mol. The van der Waals surface area contributed by atoms with Crippen molar-refractivity contribution in [2.24, 2.45) is 0 Å². The summed E-state index contributed by atoms with van der Waals surface area (Å²) in [5, 5.41) is 14.0. The van der Waals surface area contributed by atoms with Gasteiger partial charge in [0.25, 0.3) is 10.0 Å². The molecule has 0 amide bonds. The summed E-state index contributed by atoms with van der Waals surface area (Å²) in [5.74, 6) is -1.95. The molecule has 2 aromatic rings. The Labute approximate surface area is 120 Å². The van der Waals surface area contributed by atoms with E-state index in [1.54, 1.807) is 6.07 Å². The molecular weight excluding hydrogens is 301 g/mol. The Balaban J connectivity index is 2.33. The maximum Gasteiger partial charge on any atom is 0.340 e. The standard InChI is InChI=1S/C12H12FN3O4S/c1-16(7-8-4-2-3-5-10(8)13)21(19,20)11-9(12(17)18)6-14-15-11/h2-6H,7H2,1H3,(H,14,15)(H,17,18). The van der Waals surface area contributed by atoms with Crippen LogP contribution in [0.5, 0.6) is 0 Å². The van der Waals surface area contributed by atoms with Crippen molar-refractivity contribution in [1.29, 1.82) is 0 Å². The molecule has 0 saturated carbocycles. The number of carboxylic acids is 1. The van der Waals surface area contributed by atoms with E-state index in [0.29, 0.717) is 0 Å². The summed E-state index contributed by atoms with van der Waals surface area (Å²) in [6.45, 7) is -0.229. The zero-order valence-corrected chi connectivity index (χ0v) is 11.8. The first-order valence-electron chi connectivity index (χ1n) is 5.80. The lowest BCUT2D eigenvalue weighted by atomic mass is 10.2. The number of aromatic nitrogens is 2. The van der Waals surface area contributed by atoms with Crippen molar-refractivity contribution in [1.82, 2.24) is 14.5 Å². The van der Waals surface area contributed by atoms with E-state index in [1.165, 1.54) is 25.2 Å². The number of carboxylic acid groups (broad SMARTS) is 1. The molecule has 112 valence electrons. The minimum Gasteiger partial charge on any atom is -0.478 e. The van der Waals surface area contributed by atoms with Gasteiger partial charge in [0.2, 0.25) is 0 Å². The maximum absolute atomic E-state index is 13.6. The minimum atomic E-state index is -4.12. The highest BCUT2D eigenvalue weighted by Gasteiger charge is 2.29. The summed E-state index contributed by atoms with van der Waals surface area (Å²) in [6, 6.07) is 5.74. The topological polar surface area (TPSA) is 103 Å². The van der Waals surface area contributed by atoms with Crippen molar-refractivity contribution in [3.63, 3.8) is 0 Å². The van der Waals surface area contributed by atoms with E-state index in [-0.39, 0.29) is 12.1 Å². The summed E-state index contributed by atoms with van der Waals surface area (Å²) in [7, 11) is -2.89. The van der Waals surface area contributed by atoms with Crippen LogP contribution in [0.3, 0.4) is 0 Å². The molecule has 1 aromatic carbocycles. The largest absolute Gasteiger partial charge is 0.478 e. The molecule has 0 unspecified atom stereocenters. The average Bonchev–Trinajstić information content (AvgIpc) is 2.91. The van der Waals surface area contributed by atoms with Gasteiger partial charge in [0.15, 0.2) is 5.03 Å². The molecule has 21 heavy (non-hydrogen) atoms. The summed E-state index contributed by atoms with van der Waals surface area (Å²) in [4.78, 5) is 11.0. The smallest absolute Gasteiger partial charge is 0.340 e. The van der Waals surface area contributed by atoms with Crippen molar-refractivity contribution in [3.05, 3.63) is 47.4 Å². The minimum absolute atomic E-state index is 0.181. The molecule has 0 bridgehead atoms. The van der Waals surface area contributed by atoms with Gasteiger partial charge in [-0.2, -0.15) is 9.40 Å². The van der Waals surface area contributed by atoms with Crippen LogP contribution in [-0.4, -0.2) is 41.0 Å². The molecule has 1 heterocycles. The molecule has 0 fully saturated rings. The number of aromatic amines is 1. The lowest BCUT2D eigenvalue weighted by Gasteiger charge is -2.16. The summed E-state index contributed by atoms with van der Waals surface area (Å²) in [5.41, 5.74) is -0.282. The normalized spacial score (nSPS) is 11.8. The van der Waals surface area contributed by atoms with E-state index < -0.39 is 32.4 Å². The van der Waals surface area contributed by atoms with Crippen LogP contribution in [0, 0.1) is 5.82 Å². The molecule has 0 aliphatic rings. The van der Waals surface area contributed by atoms with Crippen LogP contribution in [0.15, 0.2) is 35.5 Å². The van der Waals surface area contributed by atoms with Gasteiger partial charge in [0.05, 0.1) is 6.20 Å². The zero-order valence-electron chi connectivity index (χ0n) is 10.9. The van der Waals surface area contributed by atoms with Crippen LogP contribution in [0.2, 0.25) is 0 Å². The number of halogens is 1. The van der Waals surface area contributed by atoms with Crippen LogP contribution in [0.4, 0.5) is 4.39 Å². The highest BCUT2D eigenvalue weighted by atomic mass is 32.2. The van der Waals surface area contributed by atoms with Crippen molar-refractivity contribution < 1.29 is 22.7 Å². The molecule has 0 spiro atoms. The van der Waals surface area contributed by atoms with Gasteiger partial charge in [-0.15, -0.1) is 0 Å². The molecular formula is C12H12FN3O4S. The molecule has 0 atom stereocenters. The first-order chi connectivity index (χ1) is 9.84. The fourth-order valence-corrected chi connectivity index (χ4v) is 2.94. The Morgan fingerprint density at radius 1 is 1.43 bits per heavy atom. The third-order valence-electron chi connectivity index (χ3n) is 2.85. The number of hydrogen-bond acceptors (Lipinski definition) is 4. The molecule has 7 nitrogen and oxygen atoms in total. The summed E-state index contributed by atoms with van der Waals surface area (Å²) >= 11 is 0. The van der Waals surface area contributed by atoms with Crippen molar-refractivity contribution in [2.75, 3.05) is 7.05 Å². The lowest BCUT2D eigenvalue weighted by molar-refractivity contribution is 0.0692. The van der Waals surface area contributed by atoms with E-state index >= 15 is 0 Å². The Morgan fingerprint density at radius 2 is 2.10 bits per heavy atom. The number of hydrogen-bond donors (Lipinski definition) is 2. The highest BCUT2D eigenvalue weighted by Crippen LogP contribution is 2.19. The van der Waals surface area contributed by atoms with Crippen LogP contribution in [-0.2, 0) is 16.6 Å². The number of nitrogens with one attached hydrogen (secondary N) is 1. The third-order valence-corrected chi connectivity index (χ3v) is 4.63. The summed E-state index contributed by atoms with van der Waals surface area (Å²) < 4.78 is 39.0. The Bertz CT molecular complexity index is 772. The van der Waals surface area contributed by atoms with Gasteiger partial charge in [-0.3, -0.25) is 5.10 Å². The third kappa shape index (κ3) is 2.93. The fraction of sp³-hybridized carbons (Fsp3) is 0.167.